The van der Waals surface area contributed by atoms with Crippen molar-refractivity contribution in [2.45, 2.75) is 18.9 Å². The highest BCUT2D eigenvalue weighted by molar-refractivity contribution is 7.16. The van der Waals surface area contributed by atoms with Crippen LogP contribution in [0.25, 0.3) is 10.2 Å². The maximum Gasteiger partial charge on any atom is 0.122 e. The third-order valence-electron chi connectivity index (χ3n) is 2.86. The van der Waals surface area contributed by atoms with E-state index in [9.17, 15) is 0 Å². The van der Waals surface area contributed by atoms with E-state index in [0.29, 0.717) is 6.10 Å². The molecule has 2 aromatic rings. The molecule has 4 heteroatoms. The molecule has 0 amide bonds. The van der Waals surface area contributed by atoms with Gasteiger partial charge in [0.25, 0.3) is 0 Å². The third kappa shape index (κ3) is 2.03. The summed E-state index contributed by atoms with van der Waals surface area (Å²) < 4.78 is 7.15. The van der Waals surface area contributed by atoms with Crippen molar-refractivity contribution in [1.82, 2.24) is 10.3 Å². The summed E-state index contributed by atoms with van der Waals surface area (Å²) >= 11 is 1.66. The molecule has 1 aliphatic rings. The van der Waals surface area contributed by atoms with Crippen LogP contribution in [-0.4, -0.2) is 24.2 Å². The minimum Gasteiger partial charge on any atom is -0.489 e. The number of aromatic nitrogens is 1. The second-order valence-corrected chi connectivity index (χ2v) is 4.95. The SMILES string of the molecule is c1nc2cc(OC3CCCNC3)ccc2s1. The van der Waals surface area contributed by atoms with Crippen molar-refractivity contribution in [3.05, 3.63) is 23.7 Å². The molecule has 3 nitrogen and oxygen atoms in total. The monoisotopic (exact) mass is 234 g/mol. The Morgan fingerprint density at radius 2 is 2.44 bits per heavy atom. The van der Waals surface area contributed by atoms with Crippen LogP contribution in [0.2, 0.25) is 0 Å². The Morgan fingerprint density at radius 1 is 1.44 bits per heavy atom. The second-order valence-electron chi connectivity index (χ2n) is 4.07. The number of nitrogens with one attached hydrogen (secondary N) is 1. The molecular formula is C12H14N2OS. The van der Waals surface area contributed by atoms with Crippen LogP contribution in [0.1, 0.15) is 12.8 Å². The maximum atomic E-state index is 5.93. The van der Waals surface area contributed by atoms with Gasteiger partial charge in [-0.3, -0.25) is 0 Å². The molecule has 16 heavy (non-hydrogen) atoms. The van der Waals surface area contributed by atoms with Gasteiger partial charge in [-0.25, -0.2) is 4.98 Å². The van der Waals surface area contributed by atoms with Gasteiger partial charge in [0.2, 0.25) is 0 Å². The Morgan fingerprint density at radius 3 is 3.31 bits per heavy atom. The lowest BCUT2D eigenvalue weighted by Crippen LogP contribution is -2.37. The first-order chi connectivity index (χ1) is 7.92. The fourth-order valence-corrected chi connectivity index (χ4v) is 2.68. The van der Waals surface area contributed by atoms with Crippen LogP contribution >= 0.6 is 11.3 Å². The molecule has 1 N–H and O–H groups in total. The number of ether oxygens (including phenoxy) is 1. The molecule has 1 atom stereocenters. The van der Waals surface area contributed by atoms with Crippen molar-refractivity contribution in [3.8, 4) is 5.75 Å². The van der Waals surface area contributed by atoms with Gasteiger partial charge in [-0.15, -0.1) is 11.3 Å². The van der Waals surface area contributed by atoms with Crippen molar-refractivity contribution in [2.24, 2.45) is 0 Å². The Kier molecular flexibility index (Phi) is 2.76. The summed E-state index contributed by atoms with van der Waals surface area (Å²) in [5.41, 5.74) is 2.91. The molecule has 1 aromatic heterocycles. The van der Waals surface area contributed by atoms with E-state index in [-0.39, 0.29) is 0 Å². The van der Waals surface area contributed by atoms with Gasteiger partial charge >= 0.3 is 0 Å². The second kappa shape index (κ2) is 4.39. The summed E-state index contributed by atoms with van der Waals surface area (Å²) in [5, 5.41) is 3.35. The standard InChI is InChI=1S/C12H14N2OS/c1-2-10(7-13-5-1)15-9-3-4-12-11(6-9)14-8-16-12/h3-4,6,8,10,13H,1-2,5,7H2. The van der Waals surface area contributed by atoms with Crippen molar-refractivity contribution < 1.29 is 4.74 Å². The summed E-state index contributed by atoms with van der Waals surface area (Å²) in [6, 6.07) is 6.15. The van der Waals surface area contributed by atoms with E-state index in [1.807, 2.05) is 17.6 Å². The third-order valence-corrected chi connectivity index (χ3v) is 3.67. The fraction of sp³-hybridized carbons (Fsp3) is 0.417. The Balaban J connectivity index is 1.77. The molecular weight excluding hydrogens is 220 g/mol. The van der Waals surface area contributed by atoms with Gasteiger partial charge in [0.15, 0.2) is 0 Å². The Labute approximate surface area is 98.5 Å². The fourth-order valence-electron chi connectivity index (χ4n) is 2.02. The van der Waals surface area contributed by atoms with E-state index in [2.05, 4.69) is 16.4 Å². The molecule has 0 aliphatic carbocycles. The smallest absolute Gasteiger partial charge is 0.122 e. The zero-order valence-electron chi connectivity index (χ0n) is 8.98. The number of hydrogen-bond acceptors (Lipinski definition) is 4. The number of fused-ring (bicyclic) bond motifs is 1. The molecule has 2 heterocycles. The first-order valence-electron chi connectivity index (χ1n) is 5.62. The van der Waals surface area contributed by atoms with Gasteiger partial charge in [0, 0.05) is 12.6 Å². The van der Waals surface area contributed by atoms with Crippen LogP contribution in [0.4, 0.5) is 0 Å². The predicted octanol–water partition coefficient (Wildman–Crippen LogP) is 2.43. The molecule has 3 rings (SSSR count). The van der Waals surface area contributed by atoms with E-state index in [4.69, 9.17) is 4.74 Å². The summed E-state index contributed by atoms with van der Waals surface area (Å²) in [6.07, 6.45) is 2.65. The van der Waals surface area contributed by atoms with Gasteiger partial charge < -0.3 is 10.1 Å². The molecule has 1 saturated heterocycles. The summed E-state index contributed by atoms with van der Waals surface area (Å²) in [5.74, 6) is 0.937. The van der Waals surface area contributed by atoms with Crippen molar-refractivity contribution in [3.63, 3.8) is 0 Å². The van der Waals surface area contributed by atoms with E-state index in [0.717, 1.165) is 30.8 Å². The molecule has 0 radical (unpaired) electrons. The van der Waals surface area contributed by atoms with E-state index in [1.165, 1.54) is 11.1 Å². The van der Waals surface area contributed by atoms with Crippen LogP contribution < -0.4 is 10.1 Å². The van der Waals surface area contributed by atoms with Crippen LogP contribution in [0.15, 0.2) is 23.7 Å². The molecule has 0 saturated carbocycles. The number of rotatable bonds is 2. The highest BCUT2D eigenvalue weighted by Gasteiger charge is 2.14. The van der Waals surface area contributed by atoms with Crippen molar-refractivity contribution in [2.75, 3.05) is 13.1 Å². The van der Waals surface area contributed by atoms with Gasteiger partial charge in [-0.05, 0) is 31.5 Å². The van der Waals surface area contributed by atoms with E-state index < -0.39 is 0 Å². The first-order valence-corrected chi connectivity index (χ1v) is 6.50. The number of nitrogens with zero attached hydrogens (tertiary/aromatic N) is 1. The first kappa shape index (κ1) is 10.1. The summed E-state index contributed by atoms with van der Waals surface area (Å²) in [6.45, 7) is 2.07. The van der Waals surface area contributed by atoms with Crippen LogP contribution in [0, 0.1) is 0 Å². The number of piperidine rings is 1. The van der Waals surface area contributed by atoms with Gasteiger partial charge in [-0.2, -0.15) is 0 Å². The van der Waals surface area contributed by atoms with Crippen LogP contribution in [0.5, 0.6) is 5.75 Å². The maximum absolute atomic E-state index is 5.93. The minimum atomic E-state index is 0.310. The predicted molar refractivity (Wildman–Crippen MR) is 66.1 cm³/mol. The lowest BCUT2D eigenvalue weighted by Gasteiger charge is -2.23. The van der Waals surface area contributed by atoms with E-state index >= 15 is 0 Å². The Hall–Kier alpha value is -1.13. The molecule has 0 spiro atoms. The average molecular weight is 234 g/mol. The molecule has 1 aromatic carbocycles. The van der Waals surface area contributed by atoms with Gasteiger partial charge in [0.05, 0.1) is 15.7 Å². The number of thiazole rings is 1. The number of hydrogen-bond donors (Lipinski definition) is 1. The molecule has 84 valence electrons. The molecule has 1 unspecified atom stereocenters. The molecule has 0 bridgehead atoms. The largest absolute Gasteiger partial charge is 0.489 e. The van der Waals surface area contributed by atoms with Crippen LogP contribution in [-0.2, 0) is 0 Å². The van der Waals surface area contributed by atoms with Crippen molar-refractivity contribution >= 4 is 21.6 Å². The topological polar surface area (TPSA) is 34.1 Å². The quantitative estimate of drug-likeness (QED) is 0.866. The average Bonchev–Trinajstić information content (AvgIpc) is 2.77. The Bertz CT molecular complexity index is 477. The zero-order valence-corrected chi connectivity index (χ0v) is 9.80. The van der Waals surface area contributed by atoms with Crippen molar-refractivity contribution in [1.29, 1.82) is 0 Å². The lowest BCUT2D eigenvalue weighted by molar-refractivity contribution is 0.167. The van der Waals surface area contributed by atoms with Crippen LogP contribution in [0.3, 0.4) is 0 Å². The number of benzene rings is 1. The van der Waals surface area contributed by atoms with Gasteiger partial charge in [-0.1, -0.05) is 0 Å². The summed E-state index contributed by atoms with van der Waals surface area (Å²) in [7, 11) is 0. The van der Waals surface area contributed by atoms with Gasteiger partial charge in [0.1, 0.15) is 11.9 Å². The summed E-state index contributed by atoms with van der Waals surface area (Å²) in [4.78, 5) is 4.30. The molecule has 1 fully saturated rings. The zero-order chi connectivity index (χ0) is 10.8. The highest BCUT2D eigenvalue weighted by Crippen LogP contribution is 2.24. The highest BCUT2D eigenvalue weighted by atomic mass is 32.1. The normalized spacial score (nSPS) is 21.1. The minimum absolute atomic E-state index is 0.310. The van der Waals surface area contributed by atoms with E-state index in [1.54, 1.807) is 11.3 Å². The lowest BCUT2D eigenvalue weighted by atomic mass is 10.1. The molecule has 1 aliphatic heterocycles.